The van der Waals surface area contributed by atoms with Gasteiger partial charge < -0.3 is 14.4 Å². The zero-order chi connectivity index (χ0) is 18.8. The lowest BCUT2D eigenvalue weighted by Gasteiger charge is -2.18. The van der Waals surface area contributed by atoms with Gasteiger partial charge in [0.2, 0.25) is 0 Å². The predicted molar refractivity (Wildman–Crippen MR) is 113 cm³/mol. The van der Waals surface area contributed by atoms with E-state index in [1.807, 2.05) is 54.6 Å². The van der Waals surface area contributed by atoms with E-state index in [-0.39, 0.29) is 12.4 Å². The van der Waals surface area contributed by atoms with Crippen molar-refractivity contribution < 1.29 is 9.47 Å². The molecule has 4 nitrogen and oxygen atoms in total. The van der Waals surface area contributed by atoms with Crippen LogP contribution in [0.5, 0.6) is 11.5 Å². The Hall–Kier alpha value is -2.48. The second-order valence-corrected chi connectivity index (χ2v) is 5.82. The van der Waals surface area contributed by atoms with Crippen LogP contribution in [0.1, 0.15) is 25.0 Å². The number of nitrogens with zero attached hydrogens (tertiary/aromatic N) is 2. The lowest BCUT2D eigenvalue weighted by molar-refractivity contribution is 0.217. The molecule has 0 fully saturated rings. The van der Waals surface area contributed by atoms with Crippen molar-refractivity contribution >= 4 is 24.1 Å². The molecule has 144 valence electrons. The smallest absolute Gasteiger partial charge is 0.161 e. The van der Waals surface area contributed by atoms with Crippen LogP contribution in [0.25, 0.3) is 11.6 Å². The number of allylic oxidation sites excluding steroid dienone is 1. The summed E-state index contributed by atoms with van der Waals surface area (Å²) in [5.41, 5.74) is 2.41. The Morgan fingerprint density at radius 2 is 1.78 bits per heavy atom. The van der Waals surface area contributed by atoms with Gasteiger partial charge in [0.1, 0.15) is 6.61 Å². The van der Waals surface area contributed by atoms with Crippen LogP contribution in [0.4, 0.5) is 0 Å². The van der Waals surface area contributed by atoms with Crippen molar-refractivity contribution in [3.05, 3.63) is 59.7 Å². The Morgan fingerprint density at radius 3 is 2.37 bits per heavy atom. The molecule has 0 aromatic heterocycles. The highest BCUT2D eigenvalue weighted by atomic mass is 35.5. The molecule has 0 saturated carbocycles. The van der Waals surface area contributed by atoms with Crippen LogP contribution in [0.15, 0.2) is 48.5 Å². The maximum atomic E-state index is 9.46. The molecule has 0 aliphatic heterocycles. The van der Waals surface area contributed by atoms with Crippen molar-refractivity contribution in [3.8, 4) is 17.6 Å². The molecule has 5 heteroatoms. The number of likely N-dealkylation sites (N-methyl/N-ethyl adjacent to an activating group) is 1. The molecule has 0 N–H and O–H groups in total. The molecule has 27 heavy (non-hydrogen) atoms. The minimum atomic E-state index is 0. The summed E-state index contributed by atoms with van der Waals surface area (Å²) < 4.78 is 11.3. The topological polar surface area (TPSA) is 45.5 Å². The predicted octanol–water partition coefficient (Wildman–Crippen LogP) is 4.90. The van der Waals surface area contributed by atoms with Gasteiger partial charge in [-0.15, -0.1) is 12.4 Å². The van der Waals surface area contributed by atoms with E-state index in [1.54, 1.807) is 7.11 Å². The van der Waals surface area contributed by atoms with E-state index >= 15 is 0 Å². The molecule has 2 rings (SSSR count). The third-order valence-electron chi connectivity index (χ3n) is 4.26. The maximum Gasteiger partial charge on any atom is 0.161 e. The van der Waals surface area contributed by atoms with E-state index in [0.29, 0.717) is 17.9 Å². The van der Waals surface area contributed by atoms with E-state index < -0.39 is 0 Å². The summed E-state index contributed by atoms with van der Waals surface area (Å²) in [7, 11) is 1.63. The summed E-state index contributed by atoms with van der Waals surface area (Å²) in [5.74, 6) is 1.39. The van der Waals surface area contributed by atoms with Crippen LogP contribution in [0, 0.1) is 11.3 Å². The first-order chi connectivity index (χ1) is 12.7. The number of hydrogen-bond acceptors (Lipinski definition) is 4. The van der Waals surface area contributed by atoms with Crippen LogP contribution >= 0.6 is 12.4 Å². The molecule has 0 aliphatic rings. The fourth-order valence-corrected chi connectivity index (χ4v) is 2.68. The van der Waals surface area contributed by atoms with E-state index in [0.717, 1.165) is 36.5 Å². The quantitative estimate of drug-likeness (QED) is 0.454. The largest absolute Gasteiger partial charge is 0.493 e. The first-order valence-electron chi connectivity index (χ1n) is 8.92. The minimum Gasteiger partial charge on any atom is -0.493 e. The highest BCUT2D eigenvalue weighted by molar-refractivity contribution is 5.89. The van der Waals surface area contributed by atoms with Gasteiger partial charge in [0, 0.05) is 6.54 Å². The Morgan fingerprint density at radius 1 is 1.07 bits per heavy atom. The second kappa shape index (κ2) is 12.0. The van der Waals surface area contributed by atoms with Crippen molar-refractivity contribution in [2.75, 3.05) is 33.4 Å². The van der Waals surface area contributed by atoms with Crippen LogP contribution in [-0.4, -0.2) is 38.3 Å². The SMILES string of the molecule is CCN(CC)CCOc1ccc(/C=C(\C#N)c2ccccc2)cc1OC.Cl. The second-order valence-electron chi connectivity index (χ2n) is 5.82. The van der Waals surface area contributed by atoms with Crippen molar-refractivity contribution in [1.82, 2.24) is 4.90 Å². The van der Waals surface area contributed by atoms with Crippen molar-refractivity contribution in [2.24, 2.45) is 0 Å². The third kappa shape index (κ3) is 6.63. The molecule has 0 amide bonds. The first-order valence-corrected chi connectivity index (χ1v) is 8.92. The molecule has 2 aromatic carbocycles. The molecule has 0 unspecified atom stereocenters. The zero-order valence-electron chi connectivity index (χ0n) is 16.1. The minimum absolute atomic E-state index is 0. The molecular weight excluding hydrogens is 360 g/mol. The van der Waals surface area contributed by atoms with Gasteiger partial charge in [-0.05, 0) is 42.4 Å². The zero-order valence-corrected chi connectivity index (χ0v) is 17.0. The van der Waals surface area contributed by atoms with Crippen LogP contribution in [0.3, 0.4) is 0 Å². The standard InChI is InChI=1S/C22H26N2O2.ClH/c1-4-24(5-2)13-14-26-21-12-11-18(16-22(21)25-3)15-20(17-23)19-9-7-6-8-10-19;/h6-12,15-16H,4-5,13-14H2,1-3H3;1H/b20-15+;. The fraction of sp³-hybridized carbons (Fsp3) is 0.318. The Labute approximate surface area is 168 Å². The molecule has 0 spiro atoms. The van der Waals surface area contributed by atoms with E-state index in [2.05, 4.69) is 24.8 Å². The molecule has 0 aliphatic carbocycles. The first kappa shape index (κ1) is 22.6. The maximum absolute atomic E-state index is 9.46. The fourth-order valence-electron chi connectivity index (χ4n) is 2.68. The van der Waals surface area contributed by atoms with E-state index in [9.17, 15) is 5.26 Å². The lowest BCUT2D eigenvalue weighted by Crippen LogP contribution is -2.27. The van der Waals surface area contributed by atoms with Gasteiger partial charge in [-0.1, -0.05) is 50.2 Å². The average molecular weight is 387 g/mol. The highest BCUT2D eigenvalue weighted by Crippen LogP contribution is 2.29. The number of halogens is 1. The molecule has 0 atom stereocenters. The summed E-state index contributed by atoms with van der Waals surface area (Å²) in [6.07, 6.45) is 1.86. The van der Waals surface area contributed by atoms with E-state index in [1.165, 1.54) is 0 Å². The van der Waals surface area contributed by atoms with Gasteiger partial charge in [0.05, 0.1) is 18.8 Å². The Balaban J connectivity index is 0.00000364. The Kier molecular flexibility index (Phi) is 10.0. The number of nitriles is 1. The van der Waals surface area contributed by atoms with Crippen molar-refractivity contribution in [2.45, 2.75) is 13.8 Å². The third-order valence-corrected chi connectivity index (χ3v) is 4.26. The number of methoxy groups -OCH3 is 1. The molecule has 0 radical (unpaired) electrons. The Bertz CT molecular complexity index is 766. The number of rotatable bonds is 9. The number of hydrogen-bond donors (Lipinski definition) is 0. The van der Waals surface area contributed by atoms with Gasteiger partial charge in [-0.2, -0.15) is 5.26 Å². The molecule has 0 bridgehead atoms. The summed E-state index contributed by atoms with van der Waals surface area (Å²) in [6.45, 7) is 7.80. The number of benzene rings is 2. The highest BCUT2D eigenvalue weighted by Gasteiger charge is 2.07. The molecule has 0 saturated heterocycles. The summed E-state index contributed by atoms with van der Waals surface area (Å²) in [6, 6.07) is 17.6. The summed E-state index contributed by atoms with van der Waals surface area (Å²) in [4.78, 5) is 2.31. The van der Waals surface area contributed by atoms with Crippen molar-refractivity contribution in [3.63, 3.8) is 0 Å². The van der Waals surface area contributed by atoms with Gasteiger partial charge in [-0.3, -0.25) is 0 Å². The van der Waals surface area contributed by atoms with Gasteiger partial charge >= 0.3 is 0 Å². The number of ether oxygens (including phenoxy) is 2. The van der Waals surface area contributed by atoms with E-state index in [4.69, 9.17) is 9.47 Å². The van der Waals surface area contributed by atoms with Crippen LogP contribution in [0.2, 0.25) is 0 Å². The van der Waals surface area contributed by atoms with Gasteiger partial charge in [-0.25, -0.2) is 0 Å². The van der Waals surface area contributed by atoms with Crippen LogP contribution < -0.4 is 9.47 Å². The van der Waals surface area contributed by atoms with Gasteiger partial charge in [0.15, 0.2) is 11.5 Å². The van der Waals surface area contributed by atoms with Crippen LogP contribution in [-0.2, 0) is 0 Å². The van der Waals surface area contributed by atoms with Crippen molar-refractivity contribution in [1.29, 1.82) is 5.26 Å². The normalized spacial score (nSPS) is 10.9. The average Bonchev–Trinajstić information content (AvgIpc) is 2.70. The molecular formula is C22H27ClN2O2. The summed E-state index contributed by atoms with van der Waals surface area (Å²) >= 11 is 0. The monoisotopic (exact) mass is 386 g/mol. The molecule has 2 aromatic rings. The molecule has 0 heterocycles. The summed E-state index contributed by atoms with van der Waals surface area (Å²) in [5, 5.41) is 9.46. The lowest BCUT2D eigenvalue weighted by atomic mass is 10.0. The van der Waals surface area contributed by atoms with Gasteiger partial charge in [0.25, 0.3) is 0 Å².